The number of aryl methyl sites for hydroxylation is 3. The summed E-state index contributed by atoms with van der Waals surface area (Å²) in [4.78, 5) is 24.4. The molecule has 2 amide bonds. The molecule has 8 nitrogen and oxygen atoms in total. The minimum Gasteiger partial charge on any atom is -0.321 e. The van der Waals surface area contributed by atoms with Crippen molar-refractivity contribution in [2.75, 3.05) is 10.6 Å². The van der Waals surface area contributed by atoms with Crippen LogP contribution in [0.4, 0.5) is 11.4 Å². The van der Waals surface area contributed by atoms with Gasteiger partial charge in [0.05, 0.1) is 0 Å². The molecule has 3 aromatic rings. The standard InChI is InChI=1S/C17H18N6O2/c1-11-9-15(21-23(11)3)17(25)19-13-6-4-5-12(10-13)18-16(24)14-7-8-22(2)20-14/h4-10H,1-3H3,(H,18,24)(H,19,25). The minimum absolute atomic E-state index is 0.308. The summed E-state index contributed by atoms with van der Waals surface area (Å²) in [5.41, 5.74) is 2.67. The van der Waals surface area contributed by atoms with Gasteiger partial charge < -0.3 is 10.6 Å². The van der Waals surface area contributed by atoms with E-state index in [-0.39, 0.29) is 11.8 Å². The third-order valence-corrected chi connectivity index (χ3v) is 3.67. The van der Waals surface area contributed by atoms with E-state index in [0.29, 0.717) is 22.8 Å². The minimum atomic E-state index is -0.315. The lowest BCUT2D eigenvalue weighted by atomic mass is 10.2. The maximum absolute atomic E-state index is 12.3. The molecule has 0 radical (unpaired) electrons. The van der Waals surface area contributed by atoms with Gasteiger partial charge in [-0.2, -0.15) is 10.2 Å². The molecule has 0 saturated heterocycles. The van der Waals surface area contributed by atoms with E-state index in [9.17, 15) is 9.59 Å². The van der Waals surface area contributed by atoms with E-state index in [1.807, 2.05) is 6.92 Å². The van der Waals surface area contributed by atoms with Crippen molar-refractivity contribution in [1.29, 1.82) is 0 Å². The molecule has 0 aliphatic heterocycles. The topological polar surface area (TPSA) is 93.8 Å². The zero-order chi connectivity index (χ0) is 18.0. The number of rotatable bonds is 4. The SMILES string of the molecule is Cc1cc(C(=O)Nc2cccc(NC(=O)c3ccn(C)n3)c2)nn1C. The van der Waals surface area contributed by atoms with E-state index in [2.05, 4.69) is 20.8 Å². The molecule has 0 aliphatic rings. The normalized spacial score (nSPS) is 10.5. The van der Waals surface area contributed by atoms with Crippen LogP contribution in [-0.2, 0) is 14.1 Å². The highest BCUT2D eigenvalue weighted by Gasteiger charge is 2.12. The van der Waals surface area contributed by atoms with Crippen molar-refractivity contribution in [3.63, 3.8) is 0 Å². The van der Waals surface area contributed by atoms with Crippen molar-refractivity contribution >= 4 is 23.2 Å². The van der Waals surface area contributed by atoms with Crippen LogP contribution in [0.3, 0.4) is 0 Å². The van der Waals surface area contributed by atoms with Crippen LogP contribution in [0.2, 0.25) is 0 Å². The average Bonchev–Trinajstić information content (AvgIpc) is 3.14. The van der Waals surface area contributed by atoms with Crippen LogP contribution < -0.4 is 10.6 Å². The number of carbonyl (C=O) groups is 2. The highest BCUT2D eigenvalue weighted by molar-refractivity contribution is 6.05. The van der Waals surface area contributed by atoms with Gasteiger partial charge in [-0.25, -0.2) is 0 Å². The van der Waals surface area contributed by atoms with Crippen LogP contribution in [-0.4, -0.2) is 31.4 Å². The quantitative estimate of drug-likeness (QED) is 0.760. The van der Waals surface area contributed by atoms with Gasteiger partial charge in [0.15, 0.2) is 11.4 Å². The van der Waals surface area contributed by atoms with Crippen LogP contribution in [0.5, 0.6) is 0 Å². The molecule has 2 N–H and O–H groups in total. The Bertz CT molecular complexity index is 921. The van der Waals surface area contributed by atoms with Gasteiger partial charge in [0.2, 0.25) is 0 Å². The first-order chi connectivity index (χ1) is 11.9. The summed E-state index contributed by atoms with van der Waals surface area (Å²) in [6.07, 6.45) is 1.69. The molecule has 0 saturated carbocycles. The van der Waals surface area contributed by atoms with Gasteiger partial charge in [0.25, 0.3) is 11.8 Å². The van der Waals surface area contributed by atoms with E-state index < -0.39 is 0 Å². The maximum atomic E-state index is 12.3. The van der Waals surface area contributed by atoms with E-state index in [0.717, 1.165) is 5.69 Å². The average molecular weight is 338 g/mol. The van der Waals surface area contributed by atoms with E-state index in [4.69, 9.17) is 0 Å². The second-order valence-corrected chi connectivity index (χ2v) is 5.66. The maximum Gasteiger partial charge on any atom is 0.276 e. The first-order valence-corrected chi connectivity index (χ1v) is 7.65. The molecule has 3 rings (SSSR count). The predicted octanol–water partition coefficient (Wildman–Crippen LogP) is 1.97. The van der Waals surface area contributed by atoms with Gasteiger partial charge in [-0.15, -0.1) is 0 Å². The largest absolute Gasteiger partial charge is 0.321 e. The molecule has 128 valence electrons. The van der Waals surface area contributed by atoms with E-state index in [1.165, 1.54) is 0 Å². The molecule has 8 heteroatoms. The van der Waals surface area contributed by atoms with Crippen LogP contribution in [0.25, 0.3) is 0 Å². The Morgan fingerprint density at radius 2 is 1.56 bits per heavy atom. The number of anilines is 2. The third-order valence-electron chi connectivity index (χ3n) is 3.67. The summed E-state index contributed by atoms with van der Waals surface area (Å²) >= 11 is 0. The predicted molar refractivity (Wildman–Crippen MR) is 93.5 cm³/mol. The Morgan fingerprint density at radius 3 is 2.08 bits per heavy atom. The Morgan fingerprint density at radius 1 is 0.920 bits per heavy atom. The molecule has 25 heavy (non-hydrogen) atoms. The first kappa shape index (κ1) is 16.4. The highest BCUT2D eigenvalue weighted by atomic mass is 16.2. The summed E-state index contributed by atoms with van der Waals surface area (Å²) in [7, 11) is 3.52. The zero-order valence-electron chi connectivity index (χ0n) is 14.1. The Hall–Kier alpha value is -3.42. The molecule has 0 aliphatic carbocycles. The number of hydrogen-bond donors (Lipinski definition) is 2. The van der Waals surface area contributed by atoms with Crippen molar-refractivity contribution < 1.29 is 9.59 Å². The Kier molecular flexibility index (Phi) is 4.34. The van der Waals surface area contributed by atoms with Crippen LogP contribution in [0.15, 0.2) is 42.6 Å². The third kappa shape index (κ3) is 3.74. The zero-order valence-corrected chi connectivity index (χ0v) is 14.1. The van der Waals surface area contributed by atoms with Crippen molar-refractivity contribution in [1.82, 2.24) is 19.6 Å². The van der Waals surface area contributed by atoms with E-state index in [1.54, 1.807) is 66.1 Å². The van der Waals surface area contributed by atoms with Gasteiger partial charge in [0, 0.05) is 37.4 Å². The fourth-order valence-electron chi connectivity index (χ4n) is 2.27. The summed E-state index contributed by atoms with van der Waals surface area (Å²) in [5, 5.41) is 13.7. The Labute approximate surface area is 144 Å². The van der Waals surface area contributed by atoms with Crippen LogP contribution >= 0.6 is 0 Å². The van der Waals surface area contributed by atoms with Gasteiger partial charge in [-0.3, -0.25) is 19.0 Å². The molecule has 0 unspecified atom stereocenters. The number of carbonyl (C=O) groups excluding carboxylic acids is 2. The lowest BCUT2D eigenvalue weighted by molar-refractivity contribution is 0.101. The molecule has 2 heterocycles. The number of hydrogen-bond acceptors (Lipinski definition) is 4. The van der Waals surface area contributed by atoms with Gasteiger partial charge in [-0.05, 0) is 37.3 Å². The number of nitrogens with zero attached hydrogens (tertiary/aromatic N) is 4. The number of benzene rings is 1. The van der Waals surface area contributed by atoms with Gasteiger partial charge >= 0.3 is 0 Å². The molecule has 0 spiro atoms. The van der Waals surface area contributed by atoms with Crippen molar-refractivity contribution in [3.8, 4) is 0 Å². The van der Waals surface area contributed by atoms with E-state index >= 15 is 0 Å². The van der Waals surface area contributed by atoms with Crippen LogP contribution in [0, 0.1) is 6.92 Å². The number of amides is 2. The first-order valence-electron chi connectivity index (χ1n) is 7.65. The Balaban J connectivity index is 1.70. The molecule has 0 fully saturated rings. The molecule has 0 bridgehead atoms. The lowest BCUT2D eigenvalue weighted by Crippen LogP contribution is -2.15. The van der Waals surface area contributed by atoms with Gasteiger partial charge in [0.1, 0.15) is 0 Å². The number of nitrogens with one attached hydrogen (secondary N) is 2. The fourth-order valence-corrected chi connectivity index (χ4v) is 2.27. The molecule has 0 atom stereocenters. The highest BCUT2D eigenvalue weighted by Crippen LogP contribution is 2.17. The van der Waals surface area contributed by atoms with Crippen molar-refractivity contribution in [3.05, 3.63) is 59.7 Å². The summed E-state index contributed by atoms with van der Waals surface area (Å²) in [6.45, 7) is 1.87. The molecule has 2 aromatic heterocycles. The van der Waals surface area contributed by atoms with Crippen molar-refractivity contribution in [2.24, 2.45) is 14.1 Å². The summed E-state index contributed by atoms with van der Waals surface area (Å²) < 4.78 is 3.19. The molecular weight excluding hydrogens is 320 g/mol. The summed E-state index contributed by atoms with van der Waals surface area (Å²) in [6, 6.07) is 10.2. The molecular formula is C17H18N6O2. The van der Waals surface area contributed by atoms with Gasteiger partial charge in [-0.1, -0.05) is 6.07 Å². The number of aromatic nitrogens is 4. The smallest absolute Gasteiger partial charge is 0.276 e. The molecule has 1 aromatic carbocycles. The van der Waals surface area contributed by atoms with Crippen molar-refractivity contribution in [2.45, 2.75) is 6.92 Å². The van der Waals surface area contributed by atoms with Crippen LogP contribution in [0.1, 0.15) is 26.7 Å². The fraction of sp³-hybridized carbons (Fsp3) is 0.176. The second-order valence-electron chi connectivity index (χ2n) is 5.66. The second kappa shape index (κ2) is 6.60. The lowest BCUT2D eigenvalue weighted by Gasteiger charge is -2.07. The monoisotopic (exact) mass is 338 g/mol. The summed E-state index contributed by atoms with van der Waals surface area (Å²) in [5.74, 6) is -0.624.